The molecule has 3 aromatic rings. The minimum Gasteiger partial charge on any atom is -0.352 e. The Morgan fingerprint density at radius 3 is 2.74 bits per heavy atom. The first-order valence-corrected chi connectivity index (χ1v) is 11.9. The van der Waals surface area contributed by atoms with Crippen LogP contribution in [0.25, 0.3) is 17.1 Å². The van der Waals surface area contributed by atoms with E-state index in [1.165, 1.54) is 11.1 Å². The number of H-pyrrole nitrogens is 1. The second kappa shape index (κ2) is 8.89. The molecule has 1 aliphatic heterocycles. The van der Waals surface area contributed by atoms with Crippen LogP contribution < -0.4 is 5.32 Å². The molecule has 1 amide bonds. The molecule has 2 heterocycles. The maximum Gasteiger partial charge on any atom is 0.237 e. The van der Waals surface area contributed by atoms with E-state index in [2.05, 4.69) is 58.5 Å². The molecule has 2 fully saturated rings. The second-order valence-electron chi connectivity index (χ2n) is 8.66. The number of likely N-dealkylation sites (tertiary alicyclic amines) is 1. The standard InChI is InChI=1S/C25H28N4OS/c1-17(13-18-7-3-2-4-8-18)15-29-16-20(14-23(29)24(30)26-19-11-12-19)31-25-27-21-9-5-6-10-22(21)28-25/h2-10,13,19-20,23H,11-12,14-16H2,1H3,(H,26,30)(H,27,28)/b17-13+/t20-,23+/m1/s1. The summed E-state index contributed by atoms with van der Waals surface area (Å²) in [6, 6.07) is 18.8. The number of hydrogen-bond donors (Lipinski definition) is 2. The molecule has 5 rings (SSSR count). The fraction of sp³-hybridized carbons (Fsp3) is 0.360. The van der Waals surface area contributed by atoms with Crippen molar-refractivity contribution in [2.24, 2.45) is 0 Å². The minimum atomic E-state index is -0.0819. The van der Waals surface area contributed by atoms with Gasteiger partial charge in [0.05, 0.1) is 17.1 Å². The van der Waals surface area contributed by atoms with Crippen molar-refractivity contribution >= 4 is 34.8 Å². The first kappa shape index (κ1) is 20.3. The number of imidazole rings is 1. The number of amides is 1. The van der Waals surface area contributed by atoms with Gasteiger partial charge in [0.2, 0.25) is 5.91 Å². The molecule has 160 valence electrons. The van der Waals surface area contributed by atoms with Crippen molar-refractivity contribution in [3.05, 3.63) is 65.7 Å². The molecule has 2 atom stereocenters. The summed E-state index contributed by atoms with van der Waals surface area (Å²) < 4.78 is 0. The van der Waals surface area contributed by atoms with Gasteiger partial charge >= 0.3 is 0 Å². The number of aromatic amines is 1. The smallest absolute Gasteiger partial charge is 0.237 e. The number of nitrogens with one attached hydrogen (secondary N) is 2. The van der Waals surface area contributed by atoms with Crippen LogP contribution in [0.15, 0.2) is 65.3 Å². The molecule has 1 saturated heterocycles. The monoisotopic (exact) mass is 432 g/mol. The first-order chi connectivity index (χ1) is 15.1. The maximum absolute atomic E-state index is 13.0. The predicted molar refractivity (Wildman–Crippen MR) is 127 cm³/mol. The van der Waals surface area contributed by atoms with Gasteiger partial charge in [0.25, 0.3) is 0 Å². The van der Waals surface area contributed by atoms with Crippen LogP contribution in [-0.4, -0.2) is 51.2 Å². The number of para-hydroxylation sites is 2. The van der Waals surface area contributed by atoms with Crippen LogP contribution in [0.1, 0.15) is 31.7 Å². The second-order valence-corrected chi connectivity index (χ2v) is 9.95. The number of thioether (sulfide) groups is 1. The average molecular weight is 433 g/mol. The lowest BCUT2D eigenvalue weighted by atomic mass is 10.1. The molecule has 0 radical (unpaired) electrons. The molecule has 1 saturated carbocycles. The summed E-state index contributed by atoms with van der Waals surface area (Å²) in [6.07, 6.45) is 5.29. The number of nitrogens with zero attached hydrogens (tertiary/aromatic N) is 2. The lowest BCUT2D eigenvalue weighted by Gasteiger charge is -2.24. The van der Waals surface area contributed by atoms with E-state index in [0.29, 0.717) is 11.3 Å². The Hall–Kier alpha value is -2.57. The van der Waals surface area contributed by atoms with E-state index in [1.54, 1.807) is 11.8 Å². The van der Waals surface area contributed by atoms with Gasteiger partial charge < -0.3 is 10.3 Å². The van der Waals surface area contributed by atoms with Gasteiger partial charge in [-0.25, -0.2) is 4.98 Å². The van der Waals surface area contributed by atoms with Crippen LogP contribution in [0.4, 0.5) is 0 Å². The number of benzene rings is 2. The van der Waals surface area contributed by atoms with Crippen molar-refractivity contribution in [3.8, 4) is 0 Å². The first-order valence-electron chi connectivity index (χ1n) is 11.0. The zero-order valence-electron chi connectivity index (χ0n) is 17.8. The zero-order valence-corrected chi connectivity index (χ0v) is 18.6. The normalized spacial score (nSPS) is 22.2. The summed E-state index contributed by atoms with van der Waals surface area (Å²) in [5, 5.41) is 4.49. The minimum absolute atomic E-state index is 0.0819. The third-order valence-electron chi connectivity index (χ3n) is 5.90. The largest absolute Gasteiger partial charge is 0.352 e. The fourth-order valence-corrected chi connectivity index (χ4v) is 5.44. The van der Waals surface area contributed by atoms with E-state index in [0.717, 1.165) is 48.5 Å². The van der Waals surface area contributed by atoms with Gasteiger partial charge in [-0.15, -0.1) is 0 Å². The Morgan fingerprint density at radius 2 is 1.97 bits per heavy atom. The van der Waals surface area contributed by atoms with Crippen LogP contribution in [0, 0.1) is 0 Å². The number of aromatic nitrogens is 2. The number of carbonyl (C=O) groups is 1. The highest BCUT2D eigenvalue weighted by Crippen LogP contribution is 2.33. The molecule has 1 aliphatic carbocycles. The lowest BCUT2D eigenvalue weighted by molar-refractivity contribution is -0.125. The van der Waals surface area contributed by atoms with Gasteiger partial charge in [-0.1, -0.05) is 65.9 Å². The molecular formula is C25H28N4OS. The highest BCUT2D eigenvalue weighted by Gasteiger charge is 2.39. The van der Waals surface area contributed by atoms with Crippen molar-refractivity contribution in [2.45, 2.75) is 48.7 Å². The van der Waals surface area contributed by atoms with E-state index in [9.17, 15) is 4.79 Å². The molecule has 31 heavy (non-hydrogen) atoms. The fourth-order valence-electron chi connectivity index (χ4n) is 4.26. The van der Waals surface area contributed by atoms with Gasteiger partial charge in [0.15, 0.2) is 5.16 Å². The van der Waals surface area contributed by atoms with Gasteiger partial charge in [-0.3, -0.25) is 9.69 Å². The molecule has 0 bridgehead atoms. The van der Waals surface area contributed by atoms with Crippen LogP contribution in [0.5, 0.6) is 0 Å². The topological polar surface area (TPSA) is 61.0 Å². The number of hydrogen-bond acceptors (Lipinski definition) is 4. The SMILES string of the molecule is C/C(=C\c1ccccc1)CN1C[C@H](Sc2nc3ccccc3[nH]2)C[C@H]1C(=O)NC1CC1. The van der Waals surface area contributed by atoms with Crippen LogP contribution >= 0.6 is 11.8 Å². The van der Waals surface area contributed by atoms with E-state index in [1.807, 2.05) is 24.3 Å². The molecule has 0 spiro atoms. The number of rotatable bonds is 7. The highest BCUT2D eigenvalue weighted by molar-refractivity contribution is 7.99. The van der Waals surface area contributed by atoms with E-state index in [4.69, 9.17) is 4.98 Å². The molecule has 2 N–H and O–H groups in total. The van der Waals surface area contributed by atoms with Crippen molar-refractivity contribution in [3.63, 3.8) is 0 Å². The Kier molecular flexibility index (Phi) is 5.83. The van der Waals surface area contributed by atoms with E-state index in [-0.39, 0.29) is 11.9 Å². The summed E-state index contributed by atoms with van der Waals surface area (Å²) in [5.74, 6) is 0.183. The number of carbonyl (C=O) groups excluding carboxylic acids is 1. The molecular weight excluding hydrogens is 404 g/mol. The molecule has 1 aromatic heterocycles. The summed E-state index contributed by atoms with van der Waals surface area (Å²) in [5.41, 5.74) is 4.52. The van der Waals surface area contributed by atoms with Gasteiger partial charge in [0.1, 0.15) is 0 Å². The van der Waals surface area contributed by atoms with Gasteiger partial charge in [-0.2, -0.15) is 0 Å². The Bertz CT molecular complexity index is 1060. The summed E-state index contributed by atoms with van der Waals surface area (Å²) >= 11 is 1.76. The van der Waals surface area contributed by atoms with Crippen molar-refractivity contribution in [2.75, 3.05) is 13.1 Å². The molecule has 5 nitrogen and oxygen atoms in total. The third kappa shape index (κ3) is 5.02. The Morgan fingerprint density at radius 1 is 1.19 bits per heavy atom. The quantitative estimate of drug-likeness (QED) is 0.578. The average Bonchev–Trinajstić information content (AvgIpc) is 3.34. The number of fused-ring (bicyclic) bond motifs is 1. The molecule has 2 aliphatic rings. The predicted octanol–water partition coefficient (Wildman–Crippen LogP) is 4.48. The van der Waals surface area contributed by atoms with Gasteiger partial charge in [-0.05, 0) is 43.9 Å². The van der Waals surface area contributed by atoms with Gasteiger partial charge in [0, 0.05) is 24.4 Å². The summed E-state index contributed by atoms with van der Waals surface area (Å²) in [4.78, 5) is 23.5. The summed E-state index contributed by atoms with van der Waals surface area (Å²) in [7, 11) is 0. The summed E-state index contributed by atoms with van der Waals surface area (Å²) in [6.45, 7) is 3.84. The molecule has 0 unspecified atom stereocenters. The lowest BCUT2D eigenvalue weighted by Crippen LogP contribution is -2.44. The Balaban J connectivity index is 1.30. The van der Waals surface area contributed by atoms with Crippen LogP contribution in [0.2, 0.25) is 0 Å². The zero-order chi connectivity index (χ0) is 21.2. The Labute approximate surface area is 187 Å². The van der Waals surface area contributed by atoms with Crippen LogP contribution in [0.3, 0.4) is 0 Å². The van der Waals surface area contributed by atoms with Crippen molar-refractivity contribution in [1.82, 2.24) is 20.2 Å². The maximum atomic E-state index is 13.0. The van der Waals surface area contributed by atoms with E-state index < -0.39 is 0 Å². The van der Waals surface area contributed by atoms with E-state index >= 15 is 0 Å². The highest BCUT2D eigenvalue weighted by atomic mass is 32.2. The van der Waals surface area contributed by atoms with Crippen LogP contribution in [-0.2, 0) is 4.79 Å². The van der Waals surface area contributed by atoms with Crippen molar-refractivity contribution < 1.29 is 4.79 Å². The third-order valence-corrected chi connectivity index (χ3v) is 6.99. The molecule has 6 heteroatoms. The van der Waals surface area contributed by atoms with Crippen molar-refractivity contribution in [1.29, 1.82) is 0 Å². The molecule has 2 aromatic carbocycles.